The number of aliphatic hydroxyl groups is 1. The van der Waals surface area contributed by atoms with Crippen LogP contribution in [0.1, 0.15) is 18.1 Å². The second-order valence-electron chi connectivity index (χ2n) is 4.28. The Morgan fingerprint density at radius 1 is 1.55 bits per heavy atom. The lowest BCUT2D eigenvalue weighted by Gasteiger charge is -2.15. The van der Waals surface area contributed by atoms with Gasteiger partial charge in [0.05, 0.1) is 18.8 Å². The summed E-state index contributed by atoms with van der Waals surface area (Å²) in [6.07, 6.45) is -0.860. The van der Waals surface area contributed by atoms with Gasteiger partial charge in [0.2, 0.25) is 0 Å². The third-order valence-electron chi connectivity index (χ3n) is 2.83. The molecule has 2 rings (SSSR count). The van der Waals surface area contributed by atoms with Crippen molar-refractivity contribution in [2.24, 2.45) is 0 Å². The molecule has 1 aromatic rings. The average Bonchev–Trinajstić information content (AvgIpc) is 2.67. The highest BCUT2D eigenvalue weighted by atomic mass is 32.1. The second-order valence-corrected chi connectivity index (χ2v) is 5.93. The molecule has 0 radical (unpaired) electrons. The van der Waals surface area contributed by atoms with Crippen molar-refractivity contribution in [2.75, 3.05) is 6.61 Å². The molecule has 11 heteroatoms. The summed E-state index contributed by atoms with van der Waals surface area (Å²) in [4.78, 5) is 33.0. The number of hydrogen-bond acceptors (Lipinski definition) is 6. The predicted molar refractivity (Wildman–Crippen MR) is 68.5 cm³/mol. The van der Waals surface area contributed by atoms with Crippen molar-refractivity contribution in [3.05, 3.63) is 26.9 Å². The van der Waals surface area contributed by atoms with Crippen LogP contribution in [0.2, 0.25) is 0 Å². The molecule has 0 saturated carbocycles. The first-order valence-corrected chi connectivity index (χ1v) is 7.55. The van der Waals surface area contributed by atoms with Crippen LogP contribution in [0.25, 0.3) is 0 Å². The van der Waals surface area contributed by atoms with Crippen LogP contribution in [0.5, 0.6) is 0 Å². The van der Waals surface area contributed by atoms with Gasteiger partial charge >= 0.3 is 13.5 Å². The Kier molecular flexibility index (Phi) is 4.55. The van der Waals surface area contributed by atoms with E-state index in [9.17, 15) is 14.5 Å². The highest BCUT2D eigenvalue weighted by Gasteiger charge is 2.36. The molecule has 1 fully saturated rings. The molecule has 0 spiro atoms. The number of nitrogens with one attached hydrogen (secondary N) is 2. The minimum Gasteiger partial charge on any atom is -0.390 e. The SMILES string of the molecule is O=c1[nH]cc([C@H]2C[C@H](O)[C@@H](COP(=O)(O)O)O2)c(=S)[nH]1. The van der Waals surface area contributed by atoms with Crippen LogP contribution in [0, 0.1) is 4.64 Å². The zero-order valence-electron chi connectivity index (χ0n) is 10.1. The first-order valence-electron chi connectivity index (χ1n) is 5.62. The molecule has 9 nitrogen and oxygen atoms in total. The zero-order chi connectivity index (χ0) is 14.9. The maximum absolute atomic E-state index is 11.0. The molecular formula is C9H13N2O7PS. The molecule has 1 saturated heterocycles. The highest BCUT2D eigenvalue weighted by molar-refractivity contribution is 7.71. The van der Waals surface area contributed by atoms with E-state index in [1.807, 2.05) is 0 Å². The third-order valence-corrected chi connectivity index (χ3v) is 3.65. The number of aromatic nitrogens is 2. The van der Waals surface area contributed by atoms with Crippen molar-refractivity contribution in [1.29, 1.82) is 0 Å². The Balaban J connectivity index is 2.08. The number of ether oxygens (including phenoxy) is 1. The van der Waals surface area contributed by atoms with Gasteiger partial charge in [-0.15, -0.1) is 0 Å². The molecule has 0 aliphatic carbocycles. The quantitative estimate of drug-likeness (QED) is 0.376. The van der Waals surface area contributed by atoms with Crippen LogP contribution in [0.3, 0.4) is 0 Å². The fourth-order valence-corrected chi connectivity index (χ4v) is 2.53. The summed E-state index contributed by atoms with van der Waals surface area (Å²) in [5, 5.41) is 9.79. The van der Waals surface area contributed by atoms with Crippen molar-refractivity contribution in [2.45, 2.75) is 24.7 Å². The van der Waals surface area contributed by atoms with Crippen molar-refractivity contribution < 1.29 is 28.7 Å². The number of phosphoric acid groups is 1. The van der Waals surface area contributed by atoms with Crippen molar-refractivity contribution in [1.82, 2.24) is 9.97 Å². The molecule has 0 unspecified atom stereocenters. The molecule has 2 heterocycles. The monoisotopic (exact) mass is 324 g/mol. The van der Waals surface area contributed by atoms with Gasteiger partial charge in [-0.3, -0.25) is 9.51 Å². The van der Waals surface area contributed by atoms with Gasteiger partial charge in [0, 0.05) is 18.2 Å². The summed E-state index contributed by atoms with van der Waals surface area (Å²) in [5.41, 5.74) is 0.0241. The summed E-state index contributed by atoms with van der Waals surface area (Å²) in [6.45, 7) is -0.443. The van der Waals surface area contributed by atoms with Crippen molar-refractivity contribution in [3.8, 4) is 0 Å². The van der Waals surface area contributed by atoms with E-state index in [1.54, 1.807) is 0 Å². The van der Waals surface area contributed by atoms with Gasteiger partial charge in [-0.05, 0) is 0 Å². The Morgan fingerprint density at radius 2 is 2.25 bits per heavy atom. The van der Waals surface area contributed by atoms with Gasteiger partial charge in [-0.2, -0.15) is 0 Å². The molecule has 0 bridgehead atoms. The van der Waals surface area contributed by atoms with Crippen LogP contribution >= 0.6 is 20.0 Å². The lowest BCUT2D eigenvalue weighted by molar-refractivity contribution is -0.0224. The Bertz CT molecular complexity index is 638. The molecule has 1 aromatic heterocycles. The van der Waals surface area contributed by atoms with Crippen molar-refractivity contribution in [3.63, 3.8) is 0 Å². The van der Waals surface area contributed by atoms with Gasteiger partial charge in [0.15, 0.2) is 0 Å². The maximum Gasteiger partial charge on any atom is 0.469 e. The molecule has 0 aromatic carbocycles. The highest BCUT2D eigenvalue weighted by Crippen LogP contribution is 2.39. The maximum atomic E-state index is 11.0. The standard InChI is InChI=1S/C9H13N2O7PS/c12-5-1-6(4-2-10-9(13)11-8(4)20)18-7(5)3-17-19(14,15)16/h2,5-7,12H,1,3H2,(H2,14,15,16)(H2,10,11,13,20)/t5-,6+,7+/m0/s1. The van der Waals surface area contributed by atoms with Crippen LogP contribution in [0.4, 0.5) is 0 Å². The van der Waals surface area contributed by atoms with E-state index in [4.69, 9.17) is 26.7 Å². The average molecular weight is 324 g/mol. The summed E-state index contributed by atoms with van der Waals surface area (Å²) >= 11 is 4.98. The molecule has 3 atom stereocenters. The van der Waals surface area contributed by atoms with E-state index in [1.165, 1.54) is 6.20 Å². The smallest absolute Gasteiger partial charge is 0.390 e. The Morgan fingerprint density at radius 3 is 2.85 bits per heavy atom. The number of aliphatic hydroxyl groups excluding tert-OH is 1. The van der Waals surface area contributed by atoms with Gasteiger partial charge in [0.1, 0.15) is 10.7 Å². The topological polar surface area (TPSA) is 145 Å². The third kappa shape index (κ3) is 3.83. The number of rotatable bonds is 4. The van der Waals surface area contributed by atoms with Gasteiger partial charge in [0.25, 0.3) is 0 Å². The van der Waals surface area contributed by atoms with E-state index in [0.717, 1.165) is 0 Å². The van der Waals surface area contributed by atoms with E-state index >= 15 is 0 Å². The molecule has 5 N–H and O–H groups in total. The predicted octanol–water partition coefficient (Wildman–Crippen LogP) is -0.267. The lowest BCUT2D eigenvalue weighted by Crippen LogP contribution is -2.25. The van der Waals surface area contributed by atoms with E-state index in [-0.39, 0.29) is 11.1 Å². The van der Waals surface area contributed by atoms with Gasteiger partial charge < -0.3 is 24.6 Å². The van der Waals surface area contributed by atoms with Crippen LogP contribution in [-0.2, 0) is 13.8 Å². The number of phosphoric ester groups is 1. The Hall–Kier alpha value is -0.870. The summed E-state index contributed by atoms with van der Waals surface area (Å²) < 4.78 is 20.6. The zero-order valence-corrected chi connectivity index (χ0v) is 11.8. The summed E-state index contributed by atoms with van der Waals surface area (Å²) in [5.74, 6) is 0. The van der Waals surface area contributed by atoms with Gasteiger partial charge in [-0.25, -0.2) is 9.36 Å². The molecule has 112 valence electrons. The molecule has 1 aliphatic rings. The first kappa shape index (κ1) is 15.5. The number of hydrogen-bond donors (Lipinski definition) is 5. The van der Waals surface area contributed by atoms with Crippen LogP contribution in [-0.4, -0.2) is 43.7 Å². The lowest BCUT2D eigenvalue weighted by atomic mass is 10.1. The fourth-order valence-electron chi connectivity index (χ4n) is 1.91. The van der Waals surface area contributed by atoms with E-state index in [0.29, 0.717) is 5.56 Å². The molecule has 20 heavy (non-hydrogen) atoms. The fraction of sp³-hybridized carbons (Fsp3) is 0.556. The summed E-state index contributed by atoms with van der Waals surface area (Å²) in [6, 6.07) is 0. The molecule has 1 aliphatic heterocycles. The minimum atomic E-state index is -4.62. The normalized spacial score (nSPS) is 26.9. The van der Waals surface area contributed by atoms with Crippen molar-refractivity contribution >= 4 is 20.0 Å². The first-order chi connectivity index (χ1) is 9.26. The van der Waals surface area contributed by atoms with Crippen LogP contribution < -0.4 is 5.69 Å². The number of aromatic amines is 2. The van der Waals surface area contributed by atoms with Crippen LogP contribution in [0.15, 0.2) is 11.0 Å². The van der Waals surface area contributed by atoms with E-state index in [2.05, 4.69) is 14.5 Å². The summed E-state index contributed by atoms with van der Waals surface area (Å²) in [7, 11) is -4.62. The number of H-pyrrole nitrogens is 2. The largest absolute Gasteiger partial charge is 0.469 e. The minimum absolute atomic E-state index is 0.179. The molecular weight excluding hydrogens is 311 g/mol. The molecule has 0 amide bonds. The second kappa shape index (κ2) is 5.86. The van der Waals surface area contributed by atoms with Gasteiger partial charge in [-0.1, -0.05) is 12.2 Å². The van der Waals surface area contributed by atoms with E-state index < -0.39 is 38.4 Å². The Labute approximate surface area is 117 Å².